The predicted octanol–water partition coefficient (Wildman–Crippen LogP) is 4.02. The van der Waals surface area contributed by atoms with E-state index in [2.05, 4.69) is 10.3 Å². The summed E-state index contributed by atoms with van der Waals surface area (Å²) >= 11 is 1.04. The fourth-order valence-corrected chi connectivity index (χ4v) is 3.16. The number of carbonyl (C=O) groups excluding carboxylic acids is 1. The van der Waals surface area contributed by atoms with Crippen molar-refractivity contribution < 1.29 is 27.9 Å². The maximum absolute atomic E-state index is 12.5. The quantitative estimate of drug-likeness (QED) is 0.795. The number of nitrogens with one attached hydrogen (secondary N) is 1. The van der Waals surface area contributed by atoms with E-state index in [9.17, 15) is 27.9 Å². The number of aromatic carboxylic acids is 1. The molecule has 1 heterocycles. The van der Waals surface area contributed by atoms with Crippen molar-refractivity contribution in [3.05, 3.63) is 51.0 Å². The second kappa shape index (κ2) is 7.67. The van der Waals surface area contributed by atoms with E-state index in [1.165, 1.54) is 12.1 Å². The van der Waals surface area contributed by atoms with Crippen molar-refractivity contribution in [3.63, 3.8) is 0 Å². The van der Waals surface area contributed by atoms with Crippen LogP contribution in [-0.4, -0.2) is 22.0 Å². The third kappa shape index (κ3) is 5.53. The van der Waals surface area contributed by atoms with Crippen LogP contribution in [0.15, 0.2) is 24.3 Å². The normalized spacial score (nSPS) is 12.1. The Hall–Kier alpha value is -2.42. The minimum atomic E-state index is -4.41. The molecule has 0 radical (unpaired) electrons. The van der Waals surface area contributed by atoms with Crippen molar-refractivity contribution in [3.8, 4) is 0 Å². The van der Waals surface area contributed by atoms with E-state index in [1.54, 1.807) is 0 Å². The van der Waals surface area contributed by atoms with Crippen LogP contribution < -0.4 is 5.32 Å². The van der Waals surface area contributed by atoms with Gasteiger partial charge in [-0.3, -0.25) is 4.79 Å². The molecular weight excluding hydrogens is 381 g/mol. The van der Waals surface area contributed by atoms with Gasteiger partial charge in [-0.25, -0.2) is 9.78 Å². The highest BCUT2D eigenvalue weighted by molar-refractivity contribution is 7.13. The van der Waals surface area contributed by atoms with Crippen molar-refractivity contribution >= 4 is 23.2 Å². The highest BCUT2D eigenvalue weighted by Gasteiger charge is 2.30. The van der Waals surface area contributed by atoms with Crippen molar-refractivity contribution in [2.75, 3.05) is 0 Å². The van der Waals surface area contributed by atoms with Crippen LogP contribution in [0.4, 0.5) is 13.2 Å². The summed E-state index contributed by atoms with van der Waals surface area (Å²) in [6, 6.07) is 4.46. The predicted molar refractivity (Wildman–Crippen MR) is 94.8 cm³/mol. The van der Waals surface area contributed by atoms with E-state index in [4.69, 9.17) is 0 Å². The maximum atomic E-state index is 12.5. The Morgan fingerprint density at radius 1 is 1.15 bits per heavy atom. The summed E-state index contributed by atoms with van der Waals surface area (Å²) < 4.78 is 37.6. The zero-order valence-corrected chi connectivity index (χ0v) is 15.8. The molecule has 2 rings (SSSR count). The number of halogens is 3. The number of nitrogens with zero attached hydrogens (tertiary/aromatic N) is 1. The number of hydrogen-bond donors (Lipinski definition) is 2. The van der Waals surface area contributed by atoms with Crippen LogP contribution in [0.2, 0.25) is 0 Å². The summed E-state index contributed by atoms with van der Waals surface area (Å²) in [6.45, 7) is 5.72. The molecule has 2 N–H and O–H groups in total. The lowest BCUT2D eigenvalue weighted by Gasteiger charge is -2.13. The number of carbonyl (C=O) groups is 2. The van der Waals surface area contributed by atoms with Crippen molar-refractivity contribution in [1.29, 1.82) is 0 Å². The standard InChI is InChI=1S/C18H19F3N2O3S/c1-17(2,3)16-23-12(14(27-16)15(25)26)8-13(24)22-9-10-4-6-11(7-5-10)18(19,20)21/h4-7H,8-9H2,1-3H3,(H,22,24)(H,25,26). The van der Waals surface area contributed by atoms with E-state index in [0.29, 0.717) is 10.6 Å². The molecule has 1 aromatic heterocycles. The number of carboxylic acid groups (broad SMARTS) is 1. The van der Waals surface area contributed by atoms with Gasteiger partial charge in [0.2, 0.25) is 5.91 Å². The van der Waals surface area contributed by atoms with Crippen LogP contribution in [0, 0.1) is 0 Å². The molecule has 2 aromatic rings. The Bertz CT molecular complexity index is 837. The van der Waals surface area contributed by atoms with Gasteiger partial charge in [-0.05, 0) is 17.7 Å². The summed E-state index contributed by atoms with van der Waals surface area (Å²) in [5, 5.41) is 12.5. The molecule has 9 heteroatoms. The Kier molecular flexibility index (Phi) is 5.94. The van der Waals surface area contributed by atoms with Gasteiger partial charge in [-0.1, -0.05) is 32.9 Å². The van der Waals surface area contributed by atoms with Crippen LogP contribution in [-0.2, 0) is 29.4 Å². The number of amides is 1. The third-order valence-electron chi connectivity index (χ3n) is 3.63. The molecule has 1 aromatic carbocycles. The first-order chi connectivity index (χ1) is 12.4. The Balaban J connectivity index is 2.04. The van der Waals surface area contributed by atoms with Gasteiger partial charge >= 0.3 is 12.1 Å². The van der Waals surface area contributed by atoms with Gasteiger partial charge in [0.15, 0.2) is 0 Å². The maximum Gasteiger partial charge on any atom is 0.416 e. The zero-order valence-electron chi connectivity index (χ0n) is 15.0. The Morgan fingerprint density at radius 3 is 2.22 bits per heavy atom. The molecule has 0 saturated carbocycles. The molecule has 5 nitrogen and oxygen atoms in total. The van der Waals surface area contributed by atoms with E-state index < -0.39 is 23.6 Å². The van der Waals surface area contributed by atoms with E-state index in [-0.39, 0.29) is 29.0 Å². The lowest BCUT2D eigenvalue weighted by atomic mass is 9.98. The fourth-order valence-electron chi connectivity index (χ4n) is 2.19. The largest absolute Gasteiger partial charge is 0.477 e. The molecule has 0 bridgehead atoms. The van der Waals surface area contributed by atoms with Crippen LogP contribution in [0.1, 0.15) is 52.3 Å². The van der Waals surface area contributed by atoms with Gasteiger partial charge in [0.1, 0.15) is 4.88 Å². The zero-order chi connectivity index (χ0) is 20.4. The van der Waals surface area contributed by atoms with Crippen LogP contribution in [0.5, 0.6) is 0 Å². The number of thiazole rings is 1. The fraction of sp³-hybridized carbons (Fsp3) is 0.389. The van der Waals surface area contributed by atoms with Crippen LogP contribution >= 0.6 is 11.3 Å². The molecule has 0 unspecified atom stereocenters. The highest BCUT2D eigenvalue weighted by atomic mass is 32.1. The molecule has 0 aliphatic carbocycles. The van der Waals surface area contributed by atoms with Crippen molar-refractivity contribution in [2.45, 2.75) is 45.3 Å². The number of carboxylic acids is 1. The number of alkyl halides is 3. The average molecular weight is 400 g/mol. The number of benzene rings is 1. The average Bonchev–Trinajstić information content (AvgIpc) is 2.97. The molecule has 146 valence electrons. The smallest absolute Gasteiger partial charge is 0.416 e. The molecule has 0 fully saturated rings. The van der Waals surface area contributed by atoms with E-state index >= 15 is 0 Å². The third-order valence-corrected chi connectivity index (χ3v) is 5.14. The molecular formula is C18H19F3N2O3S. The Morgan fingerprint density at radius 2 is 1.74 bits per heavy atom. The van der Waals surface area contributed by atoms with Gasteiger partial charge in [-0.15, -0.1) is 11.3 Å². The van der Waals surface area contributed by atoms with Gasteiger partial charge in [0.25, 0.3) is 0 Å². The number of hydrogen-bond acceptors (Lipinski definition) is 4. The van der Waals surface area contributed by atoms with Gasteiger partial charge in [0, 0.05) is 12.0 Å². The first-order valence-corrected chi connectivity index (χ1v) is 8.86. The lowest BCUT2D eigenvalue weighted by Crippen LogP contribution is -2.25. The molecule has 27 heavy (non-hydrogen) atoms. The van der Waals surface area contributed by atoms with E-state index in [1.807, 2.05) is 20.8 Å². The summed E-state index contributed by atoms with van der Waals surface area (Å²) in [5.74, 6) is -1.60. The van der Waals surface area contributed by atoms with Gasteiger partial charge in [0.05, 0.1) is 22.7 Å². The molecule has 1 amide bonds. The Labute approximate surface area is 158 Å². The topological polar surface area (TPSA) is 79.3 Å². The molecule has 0 spiro atoms. The van der Waals surface area contributed by atoms with Crippen LogP contribution in [0.3, 0.4) is 0 Å². The molecule has 0 atom stereocenters. The second-order valence-corrected chi connectivity index (χ2v) is 8.00. The van der Waals surface area contributed by atoms with Crippen LogP contribution in [0.25, 0.3) is 0 Å². The molecule has 0 aliphatic heterocycles. The molecule has 0 saturated heterocycles. The van der Waals surface area contributed by atoms with Gasteiger partial charge < -0.3 is 10.4 Å². The lowest BCUT2D eigenvalue weighted by molar-refractivity contribution is -0.137. The number of aromatic nitrogens is 1. The summed E-state index contributed by atoms with van der Waals surface area (Å²) in [6.07, 6.45) is -4.63. The minimum absolute atomic E-state index is 0.0182. The van der Waals surface area contributed by atoms with Crippen molar-refractivity contribution in [2.24, 2.45) is 0 Å². The van der Waals surface area contributed by atoms with Crippen molar-refractivity contribution in [1.82, 2.24) is 10.3 Å². The first-order valence-electron chi connectivity index (χ1n) is 8.04. The summed E-state index contributed by atoms with van der Waals surface area (Å²) in [4.78, 5) is 27.8. The van der Waals surface area contributed by atoms with Gasteiger partial charge in [-0.2, -0.15) is 13.2 Å². The summed E-state index contributed by atoms with van der Waals surface area (Å²) in [5.41, 5.74) is -0.421. The SMILES string of the molecule is CC(C)(C)c1nc(CC(=O)NCc2ccc(C(F)(F)F)cc2)c(C(=O)O)s1. The second-order valence-electron chi connectivity index (χ2n) is 7.00. The number of rotatable bonds is 5. The monoisotopic (exact) mass is 400 g/mol. The highest BCUT2D eigenvalue weighted by Crippen LogP contribution is 2.30. The van der Waals surface area contributed by atoms with E-state index in [0.717, 1.165) is 23.5 Å². The summed E-state index contributed by atoms with van der Waals surface area (Å²) in [7, 11) is 0. The molecule has 0 aliphatic rings. The first kappa shape index (κ1) is 20.9. The minimum Gasteiger partial charge on any atom is -0.477 e.